The van der Waals surface area contributed by atoms with Crippen molar-refractivity contribution in [2.24, 2.45) is 5.41 Å². The van der Waals surface area contributed by atoms with Gasteiger partial charge in [-0.2, -0.15) is 0 Å². The predicted octanol–water partition coefficient (Wildman–Crippen LogP) is 4.97. The lowest BCUT2D eigenvalue weighted by molar-refractivity contribution is -0.160. The van der Waals surface area contributed by atoms with E-state index in [1.807, 2.05) is 78.9 Å². The molecular formula is C36H40N2O6. The normalized spacial score (nSPS) is 17.9. The minimum absolute atomic E-state index is 0.145. The van der Waals surface area contributed by atoms with Crippen LogP contribution >= 0.6 is 0 Å². The summed E-state index contributed by atoms with van der Waals surface area (Å²) in [5, 5.41) is 12.9. The fourth-order valence-electron chi connectivity index (χ4n) is 6.53. The van der Waals surface area contributed by atoms with Gasteiger partial charge in [-0.15, -0.1) is 0 Å². The van der Waals surface area contributed by atoms with E-state index in [-0.39, 0.29) is 12.8 Å². The van der Waals surface area contributed by atoms with E-state index in [4.69, 9.17) is 4.74 Å². The monoisotopic (exact) mass is 596 g/mol. The maximum Gasteiger partial charge on any atom is 0.326 e. The maximum atomic E-state index is 14.4. The smallest absolute Gasteiger partial charge is 0.326 e. The number of nitrogens with zero attached hydrogens (tertiary/aromatic N) is 1. The Kier molecular flexibility index (Phi) is 8.90. The Labute approximate surface area is 258 Å². The van der Waals surface area contributed by atoms with Crippen LogP contribution in [-0.4, -0.2) is 58.0 Å². The number of carbonyl (C=O) groups is 4. The number of esters is 1. The summed E-state index contributed by atoms with van der Waals surface area (Å²) in [6, 6.07) is 23.3. The Morgan fingerprint density at radius 3 is 2.18 bits per heavy atom. The molecule has 0 spiro atoms. The van der Waals surface area contributed by atoms with Crippen molar-refractivity contribution >= 4 is 23.8 Å². The van der Waals surface area contributed by atoms with Crippen molar-refractivity contribution in [3.8, 4) is 11.1 Å². The number of hydrogen-bond donors (Lipinski definition) is 2. The summed E-state index contributed by atoms with van der Waals surface area (Å²) in [6.45, 7) is 5.66. The average molecular weight is 597 g/mol. The lowest BCUT2D eigenvalue weighted by Crippen LogP contribution is -2.56. The van der Waals surface area contributed by atoms with E-state index in [0.717, 1.165) is 27.8 Å². The quantitative estimate of drug-likeness (QED) is 0.337. The molecule has 5 rings (SSSR count). The largest absolute Gasteiger partial charge is 0.480 e. The average Bonchev–Trinajstić information content (AvgIpc) is 3.62. The van der Waals surface area contributed by atoms with Gasteiger partial charge in [0, 0.05) is 13.0 Å². The summed E-state index contributed by atoms with van der Waals surface area (Å²) in [5.74, 6) is -2.39. The molecular weight excluding hydrogens is 556 g/mol. The maximum absolute atomic E-state index is 14.4. The molecule has 2 N–H and O–H groups in total. The molecule has 3 aromatic carbocycles. The highest BCUT2D eigenvalue weighted by Crippen LogP contribution is 2.41. The third-order valence-electron chi connectivity index (χ3n) is 8.51. The fraction of sp³-hybridized carbons (Fsp3) is 0.389. The van der Waals surface area contributed by atoms with Gasteiger partial charge < -0.3 is 20.1 Å². The van der Waals surface area contributed by atoms with Gasteiger partial charge >= 0.3 is 11.9 Å². The molecule has 2 amide bonds. The minimum atomic E-state index is -1.15. The number of amides is 2. The molecule has 1 aliphatic heterocycles. The van der Waals surface area contributed by atoms with Crippen LogP contribution in [-0.2, 0) is 43.2 Å². The third kappa shape index (κ3) is 6.85. The van der Waals surface area contributed by atoms with Crippen molar-refractivity contribution in [3.05, 3.63) is 95.6 Å². The highest BCUT2D eigenvalue weighted by atomic mass is 16.6. The zero-order valence-corrected chi connectivity index (χ0v) is 25.5. The zero-order valence-electron chi connectivity index (χ0n) is 25.5. The summed E-state index contributed by atoms with van der Waals surface area (Å²) >= 11 is 0. The Bertz CT molecular complexity index is 1520. The highest BCUT2D eigenvalue weighted by Gasteiger charge is 2.48. The molecule has 230 valence electrons. The number of aliphatic carboxylic acids is 1. The van der Waals surface area contributed by atoms with Crippen molar-refractivity contribution in [3.63, 3.8) is 0 Å². The number of carboxylic acid groups (broad SMARTS) is 1. The first-order valence-electron chi connectivity index (χ1n) is 15.2. The first-order valence-corrected chi connectivity index (χ1v) is 15.2. The summed E-state index contributed by atoms with van der Waals surface area (Å²) in [4.78, 5) is 55.2. The van der Waals surface area contributed by atoms with Crippen LogP contribution in [0.2, 0.25) is 0 Å². The van der Waals surface area contributed by atoms with Crippen molar-refractivity contribution < 1.29 is 29.0 Å². The predicted molar refractivity (Wildman–Crippen MR) is 167 cm³/mol. The van der Waals surface area contributed by atoms with Crippen LogP contribution in [0.15, 0.2) is 78.9 Å². The highest BCUT2D eigenvalue weighted by molar-refractivity contribution is 5.95. The van der Waals surface area contributed by atoms with Gasteiger partial charge in [0.15, 0.2) is 0 Å². The van der Waals surface area contributed by atoms with Crippen molar-refractivity contribution in [2.75, 3.05) is 6.54 Å². The molecule has 2 aliphatic rings. The number of rotatable bonds is 9. The Morgan fingerprint density at radius 2 is 1.55 bits per heavy atom. The number of ether oxygens (including phenoxy) is 1. The number of likely N-dealkylation sites (tertiary alicyclic amines) is 1. The number of fused-ring (bicyclic) bond motifs is 1. The first-order chi connectivity index (χ1) is 21.0. The summed E-state index contributed by atoms with van der Waals surface area (Å²) in [6.07, 6.45) is 1.61. The number of carbonyl (C=O) groups excluding carboxylic acids is 3. The second kappa shape index (κ2) is 12.6. The zero-order chi connectivity index (χ0) is 31.5. The molecule has 8 heteroatoms. The van der Waals surface area contributed by atoms with Crippen LogP contribution < -0.4 is 5.32 Å². The molecule has 0 aromatic heterocycles. The first kappa shape index (κ1) is 31.0. The molecule has 0 saturated carbocycles. The molecule has 2 atom stereocenters. The molecule has 0 bridgehead atoms. The number of nitrogens with one attached hydrogen (secondary N) is 1. The van der Waals surface area contributed by atoms with E-state index >= 15 is 0 Å². The molecule has 3 aromatic rings. The van der Waals surface area contributed by atoms with E-state index in [1.54, 1.807) is 20.8 Å². The van der Waals surface area contributed by atoms with Crippen LogP contribution in [0.3, 0.4) is 0 Å². The SMILES string of the molecule is CC(C)(C)OC(=O)CC1(C(=O)N[C@@H](Cc2ccccc2-c2ccccc2)C(=O)N2CCCC2C(=O)O)Cc2ccccc2C1. The van der Waals surface area contributed by atoms with E-state index in [9.17, 15) is 24.3 Å². The van der Waals surface area contributed by atoms with E-state index < -0.39 is 46.9 Å². The Morgan fingerprint density at radius 1 is 0.932 bits per heavy atom. The van der Waals surface area contributed by atoms with Gasteiger partial charge in [0.05, 0.1) is 11.8 Å². The van der Waals surface area contributed by atoms with Gasteiger partial charge in [0.1, 0.15) is 17.7 Å². The molecule has 8 nitrogen and oxygen atoms in total. The van der Waals surface area contributed by atoms with Crippen LogP contribution in [0, 0.1) is 5.41 Å². The van der Waals surface area contributed by atoms with E-state index in [0.29, 0.717) is 32.2 Å². The van der Waals surface area contributed by atoms with Crippen LogP contribution in [0.4, 0.5) is 0 Å². The summed E-state index contributed by atoms with van der Waals surface area (Å²) < 4.78 is 5.65. The Balaban J connectivity index is 1.50. The van der Waals surface area contributed by atoms with E-state index in [1.165, 1.54) is 4.90 Å². The van der Waals surface area contributed by atoms with Crippen LogP contribution in [0.5, 0.6) is 0 Å². The van der Waals surface area contributed by atoms with Gasteiger partial charge in [-0.3, -0.25) is 14.4 Å². The molecule has 44 heavy (non-hydrogen) atoms. The topological polar surface area (TPSA) is 113 Å². The molecule has 1 aliphatic carbocycles. The standard InChI is InChI=1S/C36H40N2O6/c1-35(2,3)44-31(39)23-36(21-26-15-7-8-16-27(26)22-36)34(43)37-29(32(40)38-19-11-18-30(38)33(41)42)20-25-14-9-10-17-28(25)24-12-5-4-6-13-24/h4-10,12-17,29-30H,11,18-23H2,1-3H3,(H,37,43)(H,41,42)/t29-,30?/m0/s1. The van der Waals surface area contributed by atoms with Gasteiger partial charge in [-0.05, 0) is 74.3 Å². The van der Waals surface area contributed by atoms with Crippen molar-refractivity contribution in [1.29, 1.82) is 0 Å². The fourth-order valence-corrected chi connectivity index (χ4v) is 6.53. The number of benzene rings is 3. The molecule has 1 unspecified atom stereocenters. The van der Waals surface area contributed by atoms with Crippen LogP contribution in [0.1, 0.15) is 56.7 Å². The molecule has 1 saturated heterocycles. The molecule has 1 heterocycles. The van der Waals surface area contributed by atoms with E-state index in [2.05, 4.69) is 5.32 Å². The molecule has 1 fully saturated rings. The lowest BCUT2D eigenvalue weighted by Gasteiger charge is -2.33. The number of hydrogen-bond acceptors (Lipinski definition) is 5. The lowest BCUT2D eigenvalue weighted by atomic mass is 9.79. The van der Waals surface area contributed by atoms with Gasteiger partial charge in [0.2, 0.25) is 11.8 Å². The molecule has 0 radical (unpaired) electrons. The third-order valence-corrected chi connectivity index (χ3v) is 8.51. The van der Waals surface area contributed by atoms with Crippen molar-refractivity contribution in [1.82, 2.24) is 10.2 Å². The summed E-state index contributed by atoms with van der Waals surface area (Å²) in [5.41, 5.74) is 2.83. The van der Waals surface area contributed by atoms with Gasteiger partial charge in [-0.25, -0.2) is 4.79 Å². The van der Waals surface area contributed by atoms with Gasteiger partial charge in [0.25, 0.3) is 0 Å². The minimum Gasteiger partial charge on any atom is -0.480 e. The summed E-state index contributed by atoms with van der Waals surface area (Å²) in [7, 11) is 0. The number of carboxylic acids is 1. The van der Waals surface area contributed by atoms with Crippen molar-refractivity contribution in [2.45, 2.75) is 77.0 Å². The van der Waals surface area contributed by atoms with Gasteiger partial charge in [-0.1, -0.05) is 78.9 Å². The van der Waals surface area contributed by atoms with Crippen LogP contribution in [0.25, 0.3) is 11.1 Å². The second-order valence-electron chi connectivity index (χ2n) is 12.9. The Hall–Kier alpha value is -4.46. The second-order valence-corrected chi connectivity index (χ2v) is 12.9.